The first kappa shape index (κ1) is 12.4. The first-order valence-electron chi connectivity index (χ1n) is 6.26. The maximum atomic E-state index is 12.6. The molecule has 3 aromatic rings. The highest BCUT2D eigenvalue weighted by molar-refractivity contribution is 5.95. The number of hydrogen-bond donors (Lipinski definition) is 1. The number of aromatic nitrogens is 3. The van der Waals surface area contributed by atoms with Crippen molar-refractivity contribution in [1.29, 1.82) is 0 Å². The van der Waals surface area contributed by atoms with Crippen molar-refractivity contribution in [2.24, 2.45) is 0 Å². The van der Waals surface area contributed by atoms with Crippen molar-refractivity contribution < 1.29 is 9.90 Å². The van der Waals surface area contributed by atoms with Gasteiger partial charge in [-0.3, -0.25) is 9.20 Å². The van der Waals surface area contributed by atoms with E-state index in [1.54, 1.807) is 8.97 Å². The second-order valence-electron chi connectivity index (χ2n) is 4.87. The summed E-state index contributed by atoms with van der Waals surface area (Å²) in [6.07, 6.45) is 1.38. The molecular weight excluding hydrogens is 258 g/mol. The molecule has 0 bridgehead atoms. The van der Waals surface area contributed by atoms with E-state index in [1.807, 2.05) is 38.1 Å². The minimum atomic E-state index is -1.20. The van der Waals surface area contributed by atoms with E-state index < -0.39 is 5.97 Å². The molecule has 0 radical (unpaired) electrons. The Labute approximate surface area is 113 Å². The van der Waals surface area contributed by atoms with Crippen LogP contribution in [0.2, 0.25) is 0 Å². The van der Waals surface area contributed by atoms with E-state index in [0.29, 0.717) is 0 Å². The van der Waals surface area contributed by atoms with E-state index in [4.69, 9.17) is 0 Å². The van der Waals surface area contributed by atoms with Crippen LogP contribution in [0.25, 0.3) is 16.6 Å². The predicted molar refractivity (Wildman–Crippen MR) is 74.3 cm³/mol. The zero-order valence-corrected chi connectivity index (χ0v) is 11.1. The van der Waals surface area contributed by atoms with E-state index in [2.05, 4.69) is 4.98 Å². The average molecular weight is 271 g/mol. The number of para-hydroxylation sites is 2. The van der Waals surface area contributed by atoms with Crippen molar-refractivity contribution in [3.05, 3.63) is 46.6 Å². The minimum absolute atomic E-state index is 0.0751. The first-order chi connectivity index (χ1) is 9.52. The number of aromatic carboxylic acids is 1. The van der Waals surface area contributed by atoms with E-state index in [9.17, 15) is 14.7 Å². The number of benzene rings is 1. The van der Waals surface area contributed by atoms with Gasteiger partial charge in [-0.05, 0) is 26.0 Å². The third-order valence-electron chi connectivity index (χ3n) is 3.31. The van der Waals surface area contributed by atoms with Crippen molar-refractivity contribution >= 4 is 22.5 Å². The van der Waals surface area contributed by atoms with E-state index in [1.165, 1.54) is 6.33 Å². The number of carboxylic acid groups (broad SMARTS) is 1. The van der Waals surface area contributed by atoms with Gasteiger partial charge in [0.25, 0.3) is 5.56 Å². The molecule has 0 aliphatic carbocycles. The van der Waals surface area contributed by atoms with Gasteiger partial charge >= 0.3 is 5.97 Å². The van der Waals surface area contributed by atoms with Crippen molar-refractivity contribution in [3.63, 3.8) is 0 Å². The third kappa shape index (κ3) is 1.54. The van der Waals surface area contributed by atoms with Gasteiger partial charge in [0, 0.05) is 6.04 Å². The second kappa shape index (κ2) is 4.19. The molecule has 102 valence electrons. The highest BCUT2D eigenvalue weighted by atomic mass is 16.4. The molecule has 2 heterocycles. The molecule has 6 nitrogen and oxygen atoms in total. The zero-order chi connectivity index (χ0) is 14.4. The fourth-order valence-electron chi connectivity index (χ4n) is 2.50. The van der Waals surface area contributed by atoms with Crippen LogP contribution in [0.3, 0.4) is 0 Å². The van der Waals surface area contributed by atoms with Gasteiger partial charge in [0.15, 0.2) is 5.69 Å². The monoisotopic (exact) mass is 271 g/mol. The summed E-state index contributed by atoms with van der Waals surface area (Å²) in [4.78, 5) is 27.7. The van der Waals surface area contributed by atoms with Crippen LogP contribution in [0.5, 0.6) is 0 Å². The fraction of sp³-hybridized carbons (Fsp3) is 0.214. The number of carbonyl (C=O) groups is 1. The third-order valence-corrected chi connectivity index (χ3v) is 3.31. The molecule has 0 saturated carbocycles. The van der Waals surface area contributed by atoms with Crippen LogP contribution < -0.4 is 5.56 Å². The van der Waals surface area contributed by atoms with Crippen LogP contribution in [-0.4, -0.2) is 25.0 Å². The summed E-state index contributed by atoms with van der Waals surface area (Å²) in [5, 5.41) is 9.17. The maximum Gasteiger partial charge on any atom is 0.356 e. The van der Waals surface area contributed by atoms with Gasteiger partial charge in [0.1, 0.15) is 11.8 Å². The predicted octanol–water partition coefficient (Wildman–Crippen LogP) is 1.93. The topological polar surface area (TPSA) is 76.6 Å². The van der Waals surface area contributed by atoms with Gasteiger partial charge < -0.3 is 9.67 Å². The molecule has 2 aromatic heterocycles. The average Bonchev–Trinajstić information content (AvgIpc) is 2.84. The molecule has 0 atom stereocenters. The number of fused-ring (bicyclic) bond motifs is 3. The van der Waals surface area contributed by atoms with Crippen molar-refractivity contribution in [2.75, 3.05) is 0 Å². The molecule has 0 aliphatic rings. The molecule has 0 amide bonds. The Balaban J connectivity index is 2.64. The van der Waals surface area contributed by atoms with Crippen LogP contribution in [-0.2, 0) is 0 Å². The van der Waals surface area contributed by atoms with Crippen LogP contribution >= 0.6 is 0 Å². The SMILES string of the molecule is CC(C)n1c(=O)c2c(C(=O)O)ncn2c2ccccc21. The quantitative estimate of drug-likeness (QED) is 0.772. The normalized spacial score (nSPS) is 11.6. The first-order valence-corrected chi connectivity index (χ1v) is 6.26. The number of imidazole rings is 1. The summed E-state index contributed by atoms with van der Waals surface area (Å²) in [5.74, 6) is -1.20. The Morgan fingerprint density at radius 3 is 2.50 bits per heavy atom. The maximum absolute atomic E-state index is 12.6. The smallest absolute Gasteiger partial charge is 0.356 e. The Bertz CT molecular complexity index is 890. The minimum Gasteiger partial charge on any atom is -0.476 e. The van der Waals surface area contributed by atoms with Crippen LogP contribution in [0, 0.1) is 0 Å². The molecule has 1 N–H and O–H groups in total. The number of hydrogen-bond acceptors (Lipinski definition) is 3. The highest BCUT2D eigenvalue weighted by Gasteiger charge is 2.20. The lowest BCUT2D eigenvalue weighted by Gasteiger charge is -2.15. The largest absolute Gasteiger partial charge is 0.476 e. The van der Waals surface area contributed by atoms with Gasteiger partial charge in [-0.25, -0.2) is 9.78 Å². The highest BCUT2D eigenvalue weighted by Crippen LogP contribution is 2.19. The number of carboxylic acids is 1. The van der Waals surface area contributed by atoms with Gasteiger partial charge in [0.05, 0.1) is 11.0 Å². The molecule has 6 heteroatoms. The Kier molecular flexibility index (Phi) is 2.60. The van der Waals surface area contributed by atoms with Crippen LogP contribution in [0.4, 0.5) is 0 Å². The Morgan fingerprint density at radius 1 is 1.25 bits per heavy atom. The van der Waals surface area contributed by atoms with Crippen LogP contribution in [0.15, 0.2) is 35.4 Å². The Morgan fingerprint density at radius 2 is 1.90 bits per heavy atom. The Hall–Kier alpha value is -2.63. The summed E-state index contributed by atoms with van der Waals surface area (Å²) in [6.45, 7) is 3.78. The zero-order valence-electron chi connectivity index (χ0n) is 11.1. The molecule has 3 rings (SSSR count). The standard InChI is InChI=1S/C14H13N3O3/c1-8(2)17-10-6-4-3-5-9(10)16-7-15-11(14(19)20)12(16)13(17)18/h3-8H,1-2H3,(H,19,20). The fourth-order valence-corrected chi connectivity index (χ4v) is 2.50. The molecule has 0 spiro atoms. The van der Waals surface area contributed by atoms with Crippen molar-refractivity contribution in [1.82, 2.24) is 14.0 Å². The molecule has 0 fully saturated rings. The molecule has 0 aliphatic heterocycles. The summed E-state index contributed by atoms with van der Waals surface area (Å²) in [7, 11) is 0. The lowest BCUT2D eigenvalue weighted by atomic mass is 10.2. The molecule has 0 unspecified atom stereocenters. The summed E-state index contributed by atoms with van der Waals surface area (Å²) >= 11 is 0. The summed E-state index contributed by atoms with van der Waals surface area (Å²) in [6, 6.07) is 7.30. The lowest BCUT2D eigenvalue weighted by molar-refractivity contribution is 0.0693. The van der Waals surface area contributed by atoms with Crippen molar-refractivity contribution in [2.45, 2.75) is 19.9 Å². The lowest BCUT2D eigenvalue weighted by Crippen LogP contribution is -2.25. The van der Waals surface area contributed by atoms with E-state index >= 15 is 0 Å². The molecule has 20 heavy (non-hydrogen) atoms. The van der Waals surface area contributed by atoms with Gasteiger partial charge in [-0.15, -0.1) is 0 Å². The number of rotatable bonds is 2. The van der Waals surface area contributed by atoms with Gasteiger partial charge in [0.2, 0.25) is 0 Å². The summed E-state index contributed by atoms with van der Waals surface area (Å²) in [5.41, 5.74) is 1.07. The van der Waals surface area contributed by atoms with Crippen molar-refractivity contribution in [3.8, 4) is 0 Å². The van der Waals surface area contributed by atoms with Gasteiger partial charge in [-0.1, -0.05) is 12.1 Å². The number of nitrogens with zero attached hydrogens (tertiary/aromatic N) is 3. The van der Waals surface area contributed by atoms with Crippen LogP contribution in [0.1, 0.15) is 30.4 Å². The molecule has 0 saturated heterocycles. The molecule has 1 aromatic carbocycles. The molecular formula is C14H13N3O3. The van der Waals surface area contributed by atoms with E-state index in [0.717, 1.165) is 11.0 Å². The summed E-state index contributed by atoms with van der Waals surface area (Å²) < 4.78 is 3.14. The van der Waals surface area contributed by atoms with Gasteiger partial charge in [-0.2, -0.15) is 0 Å². The second-order valence-corrected chi connectivity index (χ2v) is 4.87. The van der Waals surface area contributed by atoms with E-state index in [-0.39, 0.29) is 22.8 Å².